The maximum Gasteiger partial charge on any atom is 0.228 e. The number of carbonyl (C=O) groups is 1. The van der Waals surface area contributed by atoms with Gasteiger partial charge in [0.1, 0.15) is 11.6 Å². The molecule has 5 heteroatoms. The van der Waals surface area contributed by atoms with Gasteiger partial charge in [0.05, 0.1) is 12.8 Å². The van der Waals surface area contributed by atoms with Gasteiger partial charge in [-0.2, -0.15) is 0 Å². The number of nitrogens with one attached hydrogen (secondary N) is 2. The number of halogens is 1. The number of ether oxygens (including phenoxy) is 1. The first kappa shape index (κ1) is 14.4. The minimum Gasteiger partial charge on any atom is -0.497 e. The summed E-state index contributed by atoms with van der Waals surface area (Å²) >= 11 is 0. The van der Waals surface area contributed by atoms with E-state index >= 15 is 0 Å². The molecule has 0 saturated carbocycles. The van der Waals surface area contributed by atoms with Gasteiger partial charge < -0.3 is 15.4 Å². The van der Waals surface area contributed by atoms with Crippen LogP contribution < -0.4 is 15.4 Å². The van der Waals surface area contributed by atoms with Crippen LogP contribution in [0.2, 0.25) is 0 Å². The van der Waals surface area contributed by atoms with Gasteiger partial charge in [-0.3, -0.25) is 4.79 Å². The Balaban J connectivity index is 2.68. The third kappa shape index (κ3) is 4.00. The summed E-state index contributed by atoms with van der Waals surface area (Å²) in [4.78, 5) is 11.8. The SMILES string of the molecule is CCNCC(C)C(=O)Nc1cc(OC)ccc1F. The number of carbonyl (C=O) groups excluding carboxylic acids is 1. The second-order valence-corrected chi connectivity index (χ2v) is 4.04. The van der Waals surface area contributed by atoms with E-state index in [0.29, 0.717) is 12.3 Å². The van der Waals surface area contributed by atoms with Crippen molar-refractivity contribution in [2.24, 2.45) is 5.92 Å². The Hall–Kier alpha value is -1.62. The number of rotatable bonds is 6. The molecular formula is C13H19FN2O2. The van der Waals surface area contributed by atoms with Crippen LogP contribution in [-0.2, 0) is 4.79 Å². The second kappa shape index (κ2) is 6.96. The van der Waals surface area contributed by atoms with Gasteiger partial charge in [0.25, 0.3) is 0 Å². The van der Waals surface area contributed by atoms with Gasteiger partial charge in [-0.05, 0) is 18.7 Å². The average molecular weight is 254 g/mol. The highest BCUT2D eigenvalue weighted by atomic mass is 19.1. The Morgan fingerprint density at radius 3 is 2.83 bits per heavy atom. The van der Waals surface area contributed by atoms with Crippen molar-refractivity contribution >= 4 is 11.6 Å². The van der Waals surface area contributed by atoms with Crippen LogP contribution in [0.4, 0.5) is 10.1 Å². The fourth-order valence-corrected chi connectivity index (χ4v) is 1.44. The minimum atomic E-state index is -0.472. The number of benzene rings is 1. The first-order chi connectivity index (χ1) is 8.58. The van der Waals surface area contributed by atoms with E-state index in [1.165, 1.54) is 25.3 Å². The van der Waals surface area contributed by atoms with Gasteiger partial charge in [-0.1, -0.05) is 13.8 Å². The van der Waals surface area contributed by atoms with Crippen LogP contribution in [0.5, 0.6) is 5.75 Å². The van der Waals surface area contributed by atoms with Crippen molar-refractivity contribution < 1.29 is 13.9 Å². The molecule has 0 radical (unpaired) electrons. The highest BCUT2D eigenvalue weighted by Crippen LogP contribution is 2.21. The van der Waals surface area contributed by atoms with Gasteiger partial charge in [0.15, 0.2) is 0 Å². The quantitative estimate of drug-likeness (QED) is 0.816. The molecule has 1 atom stereocenters. The van der Waals surface area contributed by atoms with E-state index in [2.05, 4.69) is 10.6 Å². The lowest BCUT2D eigenvalue weighted by atomic mass is 10.1. The lowest BCUT2D eigenvalue weighted by Crippen LogP contribution is -2.30. The van der Waals surface area contributed by atoms with Gasteiger partial charge in [-0.15, -0.1) is 0 Å². The number of amides is 1. The Morgan fingerprint density at radius 2 is 2.22 bits per heavy atom. The number of hydrogen-bond donors (Lipinski definition) is 2. The van der Waals surface area contributed by atoms with Crippen LogP contribution in [-0.4, -0.2) is 26.1 Å². The standard InChI is InChI=1S/C13H19FN2O2/c1-4-15-8-9(2)13(17)16-12-7-10(18-3)5-6-11(12)14/h5-7,9,15H,4,8H2,1-3H3,(H,16,17). The number of anilines is 1. The molecule has 1 unspecified atom stereocenters. The molecule has 0 aliphatic rings. The van der Waals surface area contributed by atoms with E-state index in [0.717, 1.165) is 6.54 Å². The number of hydrogen-bond acceptors (Lipinski definition) is 3. The molecule has 0 fully saturated rings. The third-order valence-electron chi connectivity index (χ3n) is 2.58. The highest BCUT2D eigenvalue weighted by molar-refractivity contribution is 5.92. The van der Waals surface area contributed by atoms with Crippen LogP contribution in [0.25, 0.3) is 0 Å². The van der Waals surface area contributed by atoms with Crippen LogP contribution >= 0.6 is 0 Å². The summed E-state index contributed by atoms with van der Waals surface area (Å²) in [5.74, 6) is -0.413. The lowest BCUT2D eigenvalue weighted by Gasteiger charge is -2.13. The fourth-order valence-electron chi connectivity index (χ4n) is 1.44. The van der Waals surface area contributed by atoms with E-state index in [4.69, 9.17) is 4.74 Å². The Labute approximate surface area is 107 Å². The molecule has 1 aromatic rings. The molecule has 1 aromatic carbocycles. The van der Waals surface area contributed by atoms with E-state index in [-0.39, 0.29) is 17.5 Å². The van der Waals surface area contributed by atoms with E-state index < -0.39 is 5.82 Å². The molecule has 100 valence electrons. The largest absolute Gasteiger partial charge is 0.497 e. The van der Waals surface area contributed by atoms with Crippen LogP contribution in [0.15, 0.2) is 18.2 Å². The average Bonchev–Trinajstić information content (AvgIpc) is 2.38. The minimum absolute atomic E-state index is 0.141. The van der Waals surface area contributed by atoms with Gasteiger partial charge >= 0.3 is 0 Å². The maximum atomic E-state index is 13.5. The van der Waals surface area contributed by atoms with Crippen LogP contribution in [0.3, 0.4) is 0 Å². The summed E-state index contributed by atoms with van der Waals surface area (Å²) in [6.07, 6.45) is 0. The normalized spacial score (nSPS) is 12.0. The molecule has 0 aliphatic heterocycles. The van der Waals surface area contributed by atoms with E-state index in [9.17, 15) is 9.18 Å². The first-order valence-electron chi connectivity index (χ1n) is 5.93. The molecule has 4 nitrogen and oxygen atoms in total. The summed E-state index contributed by atoms with van der Waals surface area (Å²) in [5.41, 5.74) is 0.141. The second-order valence-electron chi connectivity index (χ2n) is 4.04. The fraction of sp³-hybridized carbons (Fsp3) is 0.462. The zero-order valence-electron chi connectivity index (χ0n) is 10.9. The third-order valence-corrected chi connectivity index (χ3v) is 2.58. The Morgan fingerprint density at radius 1 is 1.50 bits per heavy atom. The highest BCUT2D eigenvalue weighted by Gasteiger charge is 2.14. The topological polar surface area (TPSA) is 50.4 Å². The first-order valence-corrected chi connectivity index (χ1v) is 5.93. The van der Waals surface area contributed by atoms with Gasteiger partial charge in [0.2, 0.25) is 5.91 Å². The predicted octanol–water partition coefficient (Wildman–Crippen LogP) is 2.02. The zero-order valence-corrected chi connectivity index (χ0v) is 10.9. The smallest absolute Gasteiger partial charge is 0.228 e. The Bertz CT molecular complexity index is 410. The molecule has 0 aromatic heterocycles. The van der Waals surface area contributed by atoms with Crippen LogP contribution in [0.1, 0.15) is 13.8 Å². The summed E-state index contributed by atoms with van der Waals surface area (Å²) < 4.78 is 18.5. The molecule has 0 bridgehead atoms. The van der Waals surface area contributed by atoms with Gasteiger partial charge in [-0.25, -0.2) is 4.39 Å². The molecule has 2 N–H and O–H groups in total. The molecule has 1 rings (SSSR count). The van der Waals surface area contributed by atoms with E-state index in [1.54, 1.807) is 6.92 Å². The van der Waals surface area contributed by atoms with Crippen molar-refractivity contribution in [3.8, 4) is 5.75 Å². The summed E-state index contributed by atoms with van der Waals surface area (Å²) in [7, 11) is 1.49. The molecule has 0 saturated heterocycles. The molecular weight excluding hydrogens is 235 g/mol. The van der Waals surface area contributed by atoms with E-state index in [1.807, 2.05) is 6.92 Å². The molecule has 0 heterocycles. The molecule has 0 spiro atoms. The van der Waals surface area contributed by atoms with Gasteiger partial charge in [0, 0.05) is 18.5 Å². The van der Waals surface area contributed by atoms with Crippen molar-refractivity contribution in [2.75, 3.05) is 25.5 Å². The van der Waals surface area contributed by atoms with Crippen molar-refractivity contribution in [2.45, 2.75) is 13.8 Å². The molecule has 18 heavy (non-hydrogen) atoms. The summed E-state index contributed by atoms with van der Waals surface area (Å²) in [6.45, 7) is 5.11. The predicted molar refractivity (Wildman–Crippen MR) is 69.3 cm³/mol. The summed E-state index contributed by atoms with van der Waals surface area (Å²) in [5, 5.41) is 5.63. The Kier molecular flexibility index (Phi) is 5.58. The van der Waals surface area contributed by atoms with Crippen molar-refractivity contribution in [1.82, 2.24) is 5.32 Å². The van der Waals surface area contributed by atoms with Crippen molar-refractivity contribution in [1.29, 1.82) is 0 Å². The molecule has 0 aliphatic carbocycles. The lowest BCUT2D eigenvalue weighted by molar-refractivity contribution is -0.119. The monoisotopic (exact) mass is 254 g/mol. The zero-order chi connectivity index (χ0) is 13.5. The summed E-state index contributed by atoms with van der Waals surface area (Å²) in [6, 6.07) is 4.24. The van der Waals surface area contributed by atoms with Crippen LogP contribution in [0, 0.1) is 11.7 Å². The van der Waals surface area contributed by atoms with Crippen molar-refractivity contribution in [3.63, 3.8) is 0 Å². The van der Waals surface area contributed by atoms with Crippen molar-refractivity contribution in [3.05, 3.63) is 24.0 Å². The molecule has 1 amide bonds. The maximum absolute atomic E-state index is 13.5. The number of methoxy groups -OCH3 is 1.